The topological polar surface area (TPSA) is 0 Å². The van der Waals surface area contributed by atoms with Gasteiger partial charge < -0.3 is 0 Å². The molecular formula is C18H37IS. The van der Waals surface area contributed by atoms with E-state index in [1.165, 1.54) is 103 Å². The van der Waals surface area contributed by atoms with Gasteiger partial charge in [-0.3, -0.25) is 0 Å². The molecule has 1 atom stereocenters. The van der Waals surface area contributed by atoms with Crippen LogP contribution in [0.4, 0.5) is 0 Å². The van der Waals surface area contributed by atoms with E-state index in [0.717, 1.165) is 0 Å². The maximum atomic E-state index is 4.41. The third-order valence-corrected chi connectivity index (χ3v) is 4.93. The summed E-state index contributed by atoms with van der Waals surface area (Å²) in [4.78, 5) is 0. The quantitative estimate of drug-likeness (QED) is 0.113. The molecule has 0 heterocycles. The molecule has 0 amide bonds. The highest BCUT2D eigenvalue weighted by Crippen LogP contribution is 2.17. The van der Waals surface area contributed by atoms with Crippen molar-refractivity contribution in [2.45, 2.75) is 113 Å². The van der Waals surface area contributed by atoms with Crippen molar-refractivity contribution in [2.75, 3.05) is 0 Å². The summed E-state index contributed by atoms with van der Waals surface area (Å²) in [5, 5.41) is 0. The van der Waals surface area contributed by atoms with E-state index < -0.39 is 0 Å². The van der Waals surface area contributed by atoms with Gasteiger partial charge in [0.15, 0.2) is 0 Å². The summed E-state index contributed by atoms with van der Waals surface area (Å²) in [6, 6.07) is 0. The van der Waals surface area contributed by atoms with Gasteiger partial charge in [0.2, 0.25) is 0 Å². The minimum absolute atomic E-state index is 0.564. The number of unbranched alkanes of at least 4 members (excludes halogenated alkanes) is 14. The number of halogens is 1. The van der Waals surface area contributed by atoms with Crippen LogP contribution < -0.4 is 0 Å². The number of thiol groups is 1. The van der Waals surface area contributed by atoms with Crippen molar-refractivity contribution in [3.8, 4) is 0 Å². The van der Waals surface area contributed by atoms with Crippen LogP contribution in [0, 0.1) is 0 Å². The van der Waals surface area contributed by atoms with Gasteiger partial charge in [-0.2, -0.15) is 12.6 Å². The van der Waals surface area contributed by atoms with Gasteiger partial charge in [0.1, 0.15) is 0 Å². The van der Waals surface area contributed by atoms with Crippen LogP contribution in [-0.2, 0) is 0 Å². The SMILES string of the molecule is CCCCCCCCCCCCCCCCCC(S)I. The number of hydrogen-bond donors (Lipinski definition) is 1. The van der Waals surface area contributed by atoms with Crippen molar-refractivity contribution in [2.24, 2.45) is 0 Å². The average Bonchev–Trinajstić information content (AvgIpc) is 2.43. The number of hydrogen-bond acceptors (Lipinski definition) is 1. The first-order valence-corrected chi connectivity index (χ1v) is 10.9. The molecule has 0 rings (SSSR count). The summed E-state index contributed by atoms with van der Waals surface area (Å²) in [5.74, 6) is 0. The molecule has 0 saturated heterocycles. The minimum Gasteiger partial charge on any atom is -0.165 e. The molecule has 0 bridgehead atoms. The van der Waals surface area contributed by atoms with Crippen LogP contribution in [0.25, 0.3) is 0 Å². The van der Waals surface area contributed by atoms with Crippen LogP contribution in [-0.4, -0.2) is 3.26 Å². The van der Waals surface area contributed by atoms with E-state index >= 15 is 0 Å². The van der Waals surface area contributed by atoms with E-state index in [4.69, 9.17) is 0 Å². The van der Waals surface area contributed by atoms with Gasteiger partial charge in [0.05, 0.1) is 3.26 Å². The molecule has 122 valence electrons. The molecule has 0 N–H and O–H groups in total. The highest BCUT2D eigenvalue weighted by molar-refractivity contribution is 14.1. The standard InChI is InChI=1S/C18H37IS/c1-2-3-4-5-6-7-8-9-10-11-12-13-14-15-16-17-18(19)20/h18,20H,2-17H2,1H3. The Morgan fingerprint density at radius 2 is 0.900 bits per heavy atom. The molecule has 2 heteroatoms. The van der Waals surface area contributed by atoms with Crippen molar-refractivity contribution in [3.05, 3.63) is 0 Å². The number of rotatable bonds is 16. The van der Waals surface area contributed by atoms with E-state index in [2.05, 4.69) is 42.1 Å². The van der Waals surface area contributed by atoms with Crippen LogP contribution in [0.5, 0.6) is 0 Å². The van der Waals surface area contributed by atoms with Gasteiger partial charge in [0.25, 0.3) is 0 Å². The third-order valence-electron chi connectivity index (χ3n) is 4.05. The Labute approximate surface area is 147 Å². The van der Waals surface area contributed by atoms with E-state index in [-0.39, 0.29) is 0 Å². The lowest BCUT2D eigenvalue weighted by Crippen LogP contribution is -1.86. The molecule has 0 aliphatic heterocycles. The van der Waals surface area contributed by atoms with Crippen molar-refractivity contribution < 1.29 is 0 Å². The first-order valence-electron chi connectivity index (χ1n) is 9.09. The number of alkyl halides is 1. The molecule has 0 saturated carbocycles. The zero-order valence-corrected chi connectivity index (χ0v) is 16.8. The molecule has 0 spiro atoms. The fourth-order valence-electron chi connectivity index (χ4n) is 2.68. The molecule has 1 unspecified atom stereocenters. The van der Waals surface area contributed by atoms with Gasteiger partial charge in [-0.1, -0.05) is 126 Å². The van der Waals surface area contributed by atoms with Crippen LogP contribution in [0.15, 0.2) is 0 Å². The van der Waals surface area contributed by atoms with Crippen LogP contribution in [0.2, 0.25) is 0 Å². The lowest BCUT2D eigenvalue weighted by atomic mass is 10.0. The second-order valence-corrected chi connectivity index (χ2v) is 9.29. The molecule has 0 aromatic heterocycles. The molecular weight excluding hydrogens is 375 g/mol. The summed E-state index contributed by atoms with van der Waals surface area (Å²) in [5.41, 5.74) is 0. The largest absolute Gasteiger partial charge is 0.165 e. The Morgan fingerprint density at radius 1 is 0.600 bits per heavy atom. The maximum absolute atomic E-state index is 4.41. The van der Waals surface area contributed by atoms with Gasteiger partial charge in [-0.15, -0.1) is 0 Å². The molecule has 0 aromatic carbocycles. The van der Waals surface area contributed by atoms with E-state index in [1.54, 1.807) is 0 Å². The molecule has 0 radical (unpaired) electrons. The zero-order valence-electron chi connectivity index (χ0n) is 13.7. The molecule has 0 aliphatic carbocycles. The van der Waals surface area contributed by atoms with E-state index in [9.17, 15) is 0 Å². The second-order valence-electron chi connectivity index (χ2n) is 6.17. The van der Waals surface area contributed by atoms with Gasteiger partial charge >= 0.3 is 0 Å². The first-order chi connectivity index (χ1) is 9.77. The maximum Gasteiger partial charge on any atom is 0.0534 e. The predicted octanol–water partition coefficient (Wildman–Crippen LogP) is 7.94. The minimum atomic E-state index is 0.564. The van der Waals surface area contributed by atoms with Gasteiger partial charge in [0, 0.05) is 0 Å². The Hall–Kier alpha value is 1.08. The smallest absolute Gasteiger partial charge is 0.0534 e. The lowest BCUT2D eigenvalue weighted by Gasteiger charge is -2.04. The Balaban J connectivity index is 2.92. The van der Waals surface area contributed by atoms with Crippen LogP contribution >= 0.6 is 35.2 Å². The van der Waals surface area contributed by atoms with E-state index in [1.807, 2.05) is 0 Å². The monoisotopic (exact) mass is 412 g/mol. The average molecular weight is 412 g/mol. The fourth-order valence-corrected chi connectivity index (χ4v) is 3.31. The van der Waals surface area contributed by atoms with Crippen LogP contribution in [0.3, 0.4) is 0 Å². The zero-order chi connectivity index (χ0) is 14.9. The second kappa shape index (κ2) is 18.1. The third kappa shape index (κ3) is 19.1. The van der Waals surface area contributed by atoms with Crippen LogP contribution in [0.1, 0.15) is 110 Å². The molecule has 0 fully saturated rings. The summed E-state index contributed by atoms with van der Waals surface area (Å²) in [6.07, 6.45) is 23.0. The summed E-state index contributed by atoms with van der Waals surface area (Å²) in [7, 11) is 0. The fraction of sp³-hybridized carbons (Fsp3) is 1.00. The van der Waals surface area contributed by atoms with Crippen molar-refractivity contribution in [3.63, 3.8) is 0 Å². The van der Waals surface area contributed by atoms with Gasteiger partial charge in [-0.05, 0) is 6.42 Å². The Bertz CT molecular complexity index is 171. The molecule has 0 nitrogen and oxygen atoms in total. The lowest BCUT2D eigenvalue weighted by molar-refractivity contribution is 0.531. The molecule has 20 heavy (non-hydrogen) atoms. The predicted molar refractivity (Wildman–Crippen MR) is 106 cm³/mol. The normalized spacial score (nSPS) is 12.8. The van der Waals surface area contributed by atoms with Gasteiger partial charge in [-0.25, -0.2) is 0 Å². The van der Waals surface area contributed by atoms with Crippen molar-refractivity contribution in [1.82, 2.24) is 0 Å². The molecule has 0 aliphatic rings. The highest BCUT2D eigenvalue weighted by atomic mass is 127. The van der Waals surface area contributed by atoms with Crippen molar-refractivity contribution >= 4 is 35.2 Å². The Kier molecular flexibility index (Phi) is 19.1. The van der Waals surface area contributed by atoms with E-state index in [0.29, 0.717) is 3.26 Å². The summed E-state index contributed by atoms with van der Waals surface area (Å²) < 4.78 is 0.564. The Morgan fingerprint density at radius 3 is 1.20 bits per heavy atom. The summed E-state index contributed by atoms with van der Waals surface area (Å²) >= 11 is 6.81. The molecule has 0 aromatic rings. The first kappa shape index (κ1) is 21.1. The summed E-state index contributed by atoms with van der Waals surface area (Å²) in [6.45, 7) is 2.29. The highest BCUT2D eigenvalue weighted by Gasteiger charge is 1.97. The van der Waals surface area contributed by atoms with Crippen molar-refractivity contribution in [1.29, 1.82) is 0 Å².